The Labute approximate surface area is 186 Å². The lowest BCUT2D eigenvalue weighted by molar-refractivity contribution is -0.148. The van der Waals surface area contributed by atoms with Crippen LogP contribution in [0.15, 0.2) is 48.5 Å². The molecule has 2 aromatic rings. The van der Waals surface area contributed by atoms with Gasteiger partial charge in [0.05, 0.1) is 0 Å². The van der Waals surface area contributed by atoms with E-state index in [0.29, 0.717) is 19.4 Å². The summed E-state index contributed by atoms with van der Waals surface area (Å²) < 4.78 is 5.50. The van der Waals surface area contributed by atoms with Crippen molar-refractivity contribution < 1.29 is 24.2 Å². The van der Waals surface area contributed by atoms with E-state index in [1.54, 1.807) is 0 Å². The number of hydrogen-bond acceptors (Lipinski definition) is 4. The first kappa shape index (κ1) is 21.4. The van der Waals surface area contributed by atoms with Gasteiger partial charge in [0, 0.05) is 18.9 Å². The third-order valence-corrected chi connectivity index (χ3v) is 6.08. The summed E-state index contributed by atoms with van der Waals surface area (Å²) in [5.41, 5.74) is 4.40. The van der Waals surface area contributed by atoms with E-state index in [9.17, 15) is 19.5 Å². The third-order valence-electron chi connectivity index (χ3n) is 6.08. The average Bonchev–Trinajstić information content (AvgIpc) is 3.40. The number of rotatable bonds is 6. The summed E-state index contributed by atoms with van der Waals surface area (Å²) >= 11 is 0. The van der Waals surface area contributed by atoms with Crippen LogP contribution in [0, 0.1) is 12.3 Å². The van der Waals surface area contributed by atoms with E-state index in [2.05, 4.69) is 11.2 Å². The normalized spacial score (nSPS) is 17.7. The van der Waals surface area contributed by atoms with Crippen LogP contribution in [-0.2, 0) is 14.3 Å². The topological polar surface area (TPSA) is 95.9 Å². The summed E-state index contributed by atoms with van der Waals surface area (Å²) in [4.78, 5) is 38.1. The highest BCUT2D eigenvalue weighted by atomic mass is 16.5. The second kappa shape index (κ2) is 9.15. The first-order valence-corrected chi connectivity index (χ1v) is 10.6. The standard InChI is InChI=1S/C25H24N2O5/c1-2-8-21(23(28)27-14-7-13-22(27)24(29)30)26-25(31)32-15-20-18-11-5-3-9-16(18)17-10-4-6-12-19(17)20/h1,3-6,9-12,20-22H,7-8,13-15H2,(H,26,31)(H,29,30)/t21?,22-/m0/s1. The molecule has 2 atom stereocenters. The molecule has 1 heterocycles. The first-order valence-electron chi connectivity index (χ1n) is 10.6. The summed E-state index contributed by atoms with van der Waals surface area (Å²) in [5.74, 6) is 0.715. The van der Waals surface area contributed by atoms with Gasteiger partial charge in [-0.3, -0.25) is 4.79 Å². The highest BCUT2D eigenvalue weighted by Crippen LogP contribution is 2.44. The van der Waals surface area contributed by atoms with Crippen LogP contribution >= 0.6 is 0 Å². The molecule has 4 rings (SSSR count). The molecule has 2 amide bonds. The van der Waals surface area contributed by atoms with Gasteiger partial charge in [0.25, 0.3) is 0 Å². The summed E-state index contributed by atoms with van der Waals surface area (Å²) in [5, 5.41) is 11.9. The minimum atomic E-state index is -1.06. The molecule has 2 aliphatic rings. The highest BCUT2D eigenvalue weighted by molar-refractivity contribution is 5.90. The van der Waals surface area contributed by atoms with Crippen LogP contribution in [0.2, 0.25) is 0 Å². The van der Waals surface area contributed by atoms with E-state index in [1.807, 2.05) is 48.5 Å². The largest absolute Gasteiger partial charge is 0.480 e. The number of carbonyl (C=O) groups is 3. The molecule has 0 spiro atoms. The Morgan fingerprint density at radius 1 is 1.12 bits per heavy atom. The molecule has 7 nitrogen and oxygen atoms in total. The number of hydrogen-bond donors (Lipinski definition) is 2. The van der Waals surface area contributed by atoms with Gasteiger partial charge in [0.1, 0.15) is 18.7 Å². The van der Waals surface area contributed by atoms with Crippen molar-refractivity contribution in [3.8, 4) is 23.5 Å². The Morgan fingerprint density at radius 3 is 2.34 bits per heavy atom. The summed E-state index contributed by atoms with van der Waals surface area (Å²) in [6.07, 6.45) is 5.56. The fourth-order valence-electron chi connectivity index (χ4n) is 4.59. The Bertz CT molecular complexity index is 1040. The maximum absolute atomic E-state index is 12.9. The van der Waals surface area contributed by atoms with Gasteiger partial charge in [-0.25, -0.2) is 9.59 Å². The van der Waals surface area contributed by atoms with E-state index in [1.165, 1.54) is 4.90 Å². The van der Waals surface area contributed by atoms with Gasteiger partial charge >= 0.3 is 12.1 Å². The Kier molecular flexibility index (Phi) is 6.13. The van der Waals surface area contributed by atoms with Crippen molar-refractivity contribution in [1.29, 1.82) is 0 Å². The van der Waals surface area contributed by atoms with E-state index in [-0.39, 0.29) is 18.9 Å². The summed E-state index contributed by atoms with van der Waals surface area (Å²) in [7, 11) is 0. The second-order valence-electron chi connectivity index (χ2n) is 7.96. The molecule has 1 aliphatic carbocycles. The molecule has 1 fully saturated rings. The lowest BCUT2D eigenvalue weighted by Gasteiger charge is -2.26. The zero-order valence-corrected chi connectivity index (χ0v) is 17.5. The molecule has 1 saturated heterocycles. The molecule has 164 valence electrons. The number of terminal acetylenes is 1. The van der Waals surface area contributed by atoms with Gasteiger partial charge in [0.15, 0.2) is 0 Å². The van der Waals surface area contributed by atoms with Crippen molar-refractivity contribution in [2.75, 3.05) is 13.2 Å². The number of benzene rings is 2. The van der Waals surface area contributed by atoms with Crippen molar-refractivity contribution >= 4 is 18.0 Å². The van der Waals surface area contributed by atoms with Crippen LogP contribution in [0.5, 0.6) is 0 Å². The van der Waals surface area contributed by atoms with Gasteiger partial charge in [-0.1, -0.05) is 48.5 Å². The number of amides is 2. The molecule has 2 aromatic carbocycles. The third kappa shape index (κ3) is 4.04. The molecule has 32 heavy (non-hydrogen) atoms. The molecule has 2 N–H and O–H groups in total. The summed E-state index contributed by atoms with van der Waals surface area (Å²) in [6, 6.07) is 14.1. The van der Waals surface area contributed by atoms with E-state index >= 15 is 0 Å². The van der Waals surface area contributed by atoms with Crippen molar-refractivity contribution in [2.45, 2.75) is 37.3 Å². The van der Waals surface area contributed by atoms with E-state index in [0.717, 1.165) is 22.3 Å². The molecule has 0 saturated carbocycles. The number of nitrogens with one attached hydrogen (secondary N) is 1. The smallest absolute Gasteiger partial charge is 0.407 e. The fourth-order valence-corrected chi connectivity index (χ4v) is 4.59. The average molecular weight is 432 g/mol. The number of carboxylic acids is 1. The number of nitrogens with zero attached hydrogens (tertiary/aromatic N) is 1. The Hall–Kier alpha value is -3.79. The maximum Gasteiger partial charge on any atom is 0.407 e. The molecule has 1 unspecified atom stereocenters. The van der Waals surface area contributed by atoms with Crippen LogP contribution < -0.4 is 5.32 Å². The van der Waals surface area contributed by atoms with Gasteiger partial charge in [0.2, 0.25) is 5.91 Å². The predicted molar refractivity (Wildman–Crippen MR) is 118 cm³/mol. The van der Waals surface area contributed by atoms with Crippen molar-refractivity contribution in [3.05, 3.63) is 59.7 Å². The quantitative estimate of drug-likeness (QED) is 0.684. The van der Waals surface area contributed by atoms with Crippen molar-refractivity contribution in [3.63, 3.8) is 0 Å². The first-order chi connectivity index (χ1) is 15.5. The van der Waals surface area contributed by atoms with Crippen LogP contribution in [0.3, 0.4) is 0 Å². The van der Waals surface area contributed by atoms with E-state index < -0.39 is 30.1 Å². The van der Waals surface area contributed by atoms with Crippen LogP contribution in [-0.4, -0.2) is 53.2 Å². The number of ether oxygens (including phenoxy) is 1. The maximum atomic E-state index is 12.9. The van der Waals surface area contributed by atoms with Crippen LogP contribution in [0.4, 0.5) is 4.79 Å². The highest BCUT2D eigenvalue weighted by Gasteiger charge is 2.37. The predicted octanol–water partition coefficient (Wildman–Crippen LogP) is 2.99. The zero-order chi connectivity index (χ0) is 22.7. The Morgan fingerprint density at radius 2 is 1.75 bits per heavy atom. The minimum absolute atomic E-state index is 0.0497. The number of likely N-dealkylation sites (tertiary alicyclic amines) is 1. The lowest BCUT2D eigenvalue weighted by atomic mass is 9.98. The molecular formula is C25H24N2O5. The van der Waals surface area contributed by atoms with Gasteiger partial charge in [-0.05, 0) is 35.1 Å². The molecule has 0 aromatic heterocycles. The van der Waals surface area contributed by atoms with Crippen LogP contribution in [0.1, 0.15) is 36.3 Å². The molecular weight excluding hydrogens is 408 g/mol. The molecule has 1 aliphatic heterocycles. The second-order valence-corrected chi connectivity index (χ2v) is 7.96. The van der Waals surface area contributed by atoms with Gasteiger partial charge in [-0.15, -0.1) is 12.3 Å². The fraction of sp³-hybridized carbons (Fsp3) is 0.320. The number of carboxylic acid groups (broad SMARTS) is 1. The number of carbonyl (C=O) groups excluding carboxylic acids is 2. The zero-order valence-electron chi connectivity index (χ0n) is 17.5. The SMILES string of the molecule is C#CCC(NC(=O)OCC1c2ccccc2-c2ccccc21)C(=O)N1CCC[C@H]1C(=O)O. The van der Waals surface area contributed by atoms with E-state index in [4.69, 9.17) is 11.2 Å². The summed E-state index contributed by atoms with van der Waals surface area (Å²) in [6.45, 7) is 0.432. The van der Waals surface area contributed by atoms with Crippen molar-refractivity contribution in [2.24, 2.45) is 0 Å². The molecule has 7 heteroatoms. The molecule has 0 radical (unpaired) electrons. The van der Waals surface area contributed by atoms with Crippen molar-refractivity contribution in [1.82, 2.24) is 10.2 Å². The number of alkyl carbamates (subject to hydrolysis) is 1. The van der Waals surface area contributed by atoms with Gasteiger partial charge in [-0.2, -0.15) is 0 Å². The van der Waals surface area contributed by atoms with Gasteiger partial charge < -0.3 is 20.1 Å². The monoisotopic (exact) mass is 432 g/mol. The number of aliphatic carboxylic acids is 1. The number of fused-ring (bicyclic) bond motifs is 3. The molecule has 0 bridgehead atoms. The lowest BCUT2D eigenvalue weighted by Crippen LogP contribution is -2.51. The minimum Gasteiger partial charge on any atom is -0.480 e. The van der Waals surface area contributed by atoms with Crippen LogP contribution in [0.25, 0.3) is 11.1 Å². The Balaban J connectivity index is 1.43.